The average Bonchev–Trinajstić information content (AvgIpc) is 1.98. The van der Waals surface area contributed by atoms with Crippen molar-refractivity contribution >= 4 is 0 Å². The number of hydrogen-bond donors (Lipinski definition) is 2. The minimum Gasteiger partial charge on any atom is -0.329 e. The summed E-state index contributed by atoms with van der Waals surface area (Å²) < 4.78 is 0. The van der Waals surface area contributed by atoms with Gasteiger partial charge in [-0.2, -0.15) is 0 Å². The Kier molecular flexibility index (Phi) is 5.51. The van der Waals surface area contributed by atoms with Crippen LogP contribution < -0.4 is 11.1 Å². The summed E-state index contributed by atoms with van der Waals surface area (Å²) in [6, 6.07) is 0. The Morgan fingerprint density at radius 2 is 1.92 bits per heavy atom. The lowest BCUT2D eigenvalue weighted by Gasteiger charge is -2.24. The third-order valence-electron chi connectivity index (χ3n) is 2.07. The maximum atomic E-state index is 5.59. The highest BCUT2D eigenvalue weighted by Crippen LogP contribution is 2.04. The molecule has 0 aromatic rings. The molecule has 0 atom stereocenters. The lowest BCUT2D eigenvalue weighted by atomic mass is 10.0. The summed E-state index contributed by atoms with van der Waals surface area (Å²) >= 11 is 0. The van der Waals surface area contributed by atoms with Gasteiger partial charge >= 0.3 is 0 Å². The quantitative estimate of drug-likeness (QED) is 0.599. The smallest absolute Gasteiger partial charge is 0.0247 e. The minimum atomic E-state index is 0.108. The van der Waals surface area contributed by atoms with Gasteiger partial charge in [0.2, 0.25) is 0 Å². The van der Waals surface area contributed by atoms with Crippen LogP contribution in [0.3, 0.4) is 0 Å². The second kappa shape index (κ2) is 5.55. The van der Waals surface area contributed by atoms with Crippen LogP contribution >= 0.6 is 0 Å². The lowest BCUT2D eigenvalue weighted by Crippen LogP contribution is -2.46. The van der Waals surface area contributed by atoms with E-state index < -0.39 is 0 Å². The van der Waals surface area contributed by atoms with E-state index in [9.17, 15) is 0 Å². The van der Waals surface area contributed by atoms with Crippen LogP contribution in [0.4, 0.5) is 0 Å². The third kappa shape index (κ3) is 6.62. The zero-order valence-electron chi connectivity index (χ0n) is 8.98. The van der Waals surface area contributed by atoms with Crippen LogP contribution in [-0.2, 0) is 0 Å². The van der Waals surface area contributed by atoms with Gasteiger partial charge in [-0.1, -0.05) is 13.8 Å². The Morgan fingerprint density at radius 3 is 2.33 bits per heavy atom. The Labute approximate surface area is 76.9 Å². The van der Waals surface area contributed by atoms with Crippen molar-refractivity contribution in [3.8, 4) is 0 Å². The fourth-order valence-electron chi connectivity index (χ4n) is 1.01. The van der Waals surface area contributed by atoms with E-state index in [1.54, 1.807) is 0 Å². The molecule has 0 spiro atoms. The highest BCUT2D eigenvalue weighted by molar-refractivity contribution is 4.77. The lowest BCUT2D eigenvalue weighted by molar-refractivity contribution is 0.385. The van der Waals surface area contributed by atoms with Crippen molar-refractivity contribution in [3.63, 3.8) is 0 Å². The van der Waals surface area contributed by atoms with Crippen LogP contribution in [0, 0.1) is 5.92 Å². The van der Waals surface area contributed by atoms with Gasteiger partial charge in [-0.15, -0.1) is 0 Å². The van der Waals surface area contributed by atoms with Crippen molar-refractivity contribution in [1.29, 1.82) is 0 Å². The first kappa shape index (κ1) is 11.9. The average molecular weight is 172 g/mol. The normalized spacial score (nSPS) is 12.5. The van der Waals surface area contributed by atoms with Gasteiger partial charge in [0.1, 0.15) is 0 Å². The standard InChI is InChI=1S/C10H24N2/c1-9(2)6-5-7-12-10(3,4)8-11/h9,12H,5-8,11H2,1-4H3. The summed E-state index contributed by atoms with van der Waals surface area (Å²) in [5.41, 5.74) is 5.69. The monoisotopic (exact) mass is 172 g/mol. The van der Waals surface area contributed by atoms with E-state index in [4.69, 9.17) is 5.73 Å². The fraction of sp³-hybridized carbons (Fsp3) is 1.00. The van der Waals surface area contributed by atoms with Crippen LogP contribution in [0.1, 0.15) is 40.5 Å². The number of nitrogens with one attached hydrogen (secondary N) is 1. The predicted molar refractivity (Wildman–Crippen MR) is 55.2 cm³/mol. The Bertz CT molecular complexity index is 108. The number of nitrogens with two attached hydrogens (primary N) is 1. The Hall–Kier alpha value is -0.0800. The third-order valence-corrected chi connectivity index (χ3v) is 2.07. The van der Waals surface area contributed by atoms with Crippen molar-refractivity contribution in [2.24, 2.45) is 11.7 Å². The van der Waals surface area contributed by atoms with Gasteiger partial charge in [0.25, 0.3) is 0 Å². The second-order valence-corrected chi connectivity index (χ2v) is 4.55. The zero-order valence-corrected chi connectivity index (χ0v) is 8.98. The summed E-state index contributed by atoms with van der Waals surface area (Å²) in [7, 11) is 0. The van der Waals surface area contributed by atoms with Gasteiger partial charge in [-0.25, -0.2) is 0 Å². The van der Waals surface area contributed by atoms with Gasteiger partial charge in [0.05, 0.1) is 0 Å². The van der Waals surface area contributed by atoms with E-state index in [0.29, 0.717) is 6.54 Å². The molecule has 0 saturated carbocycles. The molecule has 3 N–H and O–H groups in total. The van der Waals surface area contributed by atoms with Crippen molar-refractivity contribution in [3.05, 3.63) is 0 Å². The van der Waals surface area contributed by atoms with Crippen LogP contribution in [0.25, 0.3) is 0 Å². The number of hydrogen-bond acceptors (Lipinski definition) is 2. The minimum absolute atomic E-state index is 0.108. The zero-order chi connectivity index (χ0) is 9.61. The van der Waals surface area contributed by atoms with E-state index in [0.717, 1.165) is 12.5 Å². The molecular weight excluding hydrogens is 148 g/mol. The summed E-state index contributed by atoms with van der Waals surface area (Å²) in [5, 5.41) is 3.44. The molecule has 2 heteroatoms. The molecular formula is C10H24N2. The van der Waals surface area contributed by atoms with Crippen LogP contribution in [-0.4, -0.2) is 18.6 Å². The van der Waals surface area contributed by atoms with Crippen molar-refractivity contribution in [1.82, 2.24) is 5.32 Å². The van der Waals surface area contributed by atoms with Gasteiger partial charge in [-0.3, -0.25) is 0 Å². The molecule has 2 nitrogen and oxygen atoms in total. The van der Waals surface area contributed by atoms with E-state index in [1.807, 2.05) is 0 Å². The van der Waals surface area contributed by atoms with E-state index in [1.165, 1.54) is 12.8 Å². The molecule has 0 aliphatic rings. The van der Waals surface area contributed by atoms with Gasteiger partial charge < -0.3 is 11.1 Å². The van der Waals surface area contributed by atoms with Gasteiger partial charge in [0, 0.05) is 12.1 Å². The summed E-state index contributed by atoms with van der Waals surface area (Å²) in [5.74, 6) is 0.813. The van der Waals surface area contributed by atoms with E-state index >= 15 is 0 Å². The predicted octanol–water partition coefficient (Wildman–Crippen LogP) is 1.75. The fourth-order valence-corrected chi connectivity index (χ4v) is 1.01. The molecule has 0 aromatic heterocycles. The molecule has 0 aliphatic carbocycles. The van der Waals surface area contributed by atoms with Gasteiger partial charge in [0.15, 0.2) is 0 Å². The molecule has 0 rings (SSSR count). The molecule has 0 bridgehead atoms. The SMILES string of the molecule is CC(C)CCCNC(C)(C)CN. The first-order valence-electron chi connectivity index (χ1n) is 4.93. The topological polar surface area (TPSA) is 38.0 Å². The Morgan fingerprint density at radius 1 is 1.33 bits per heavy atom. The van der Waals surface area contributed by atoms with E-state index in [-0.39, 0.29) is 5.54 Å². The molecule has 0 saturated heterocycles. The largest absolute Gasteiger partial charge is 0.329 e. The summed E-state index contributed by atoms with van der Waals surface area (Å²) in [4.78, 5) is 0. The van der Waals surface area contributed by atoms with Crippen LogP contribution in [0.5, 0.6) is 0 Å². The first-order chi connectivity index (χ1) is 5.48. The van der Waals surface area contributed by atoms with Crippen molar-refractivity contribution in [2.75, 3.05) is 13.1 Å². The number of rotatable bonds is 6. The molecule has 0 heterocycles. The van der Waals surface area contributed by atoms with Crippen molar-refractivity contribution in [2.45, 2.75) is 46.1 Å². The second-order valence-electron chi connectivity index (χ2n) is 4.55. The van der Waals surface area contributed by atoms with Crippen LogP contribution in [0.2, 0.25) is 0 Å². The summed E-state index contributed by atoms with van der Waals surface area (Å²) in [6.45, 7) is 10.6. The maximum absolute atomic E-state index is 5.59. The first-order valence-corrected chi connectivity index (χ1v) is 4.93. The molecule has 12 heavy (non-hydrogen) atoms. The molecule has 0 unspecified atom stereocenters. The molecule has 0 amide bonds. The molecule has 0 aromatic carbocycles. The highest BCUT2D eigenvalue weighted by Gasteiger charge is 2.12. The van der Waals surface area contributed by atoms with E-state index in [2.05, 4.69) is 33.0 Å². The van der Waals surface area contributed by atoms with Crippen molar-refractivity contribution < 1.29 is 0 Å². The highest BCUT2D eigenvalue weighted by atomic mass is 15.0. The molecule has 0 radical (unpaired) electrons. The molecule has 0 fully saturated rings. The molecule has 74 valence electrons. The van der Waals surface area contributed by atoms with Crippen LogP contribution in [0.15, 0.2) is 0 Å². The van der Waals surface area contributed by atoms with Gasteiger partial charge in [-0.05, 0) is 39.2 Å². The Balaban J connectivity index is 3.31. The maximum Gasteiger partial charge on any atom is 0.0247 e. The summed E-state index contributed by atoms with van der Waals surface area (Å²) in [6.07, 6.45) is 2.55. The molecule has 0 aliphatic heterocycles.